The third-order valence-electron chi connectivity index (χ3n) is 8.76. The number of hydrogen-bond acceptors (Lipinski definition) is 14. The number of nitro benzene ring substituents is 3. The molecule has 6 rings (SSSR count). The SMILES string of the molecule is CCOC(=O)CBr.CCOC(=O)CN1CC=C(c2cccc([N+](=O)[O-])c2)CC1.CCOC(=O)C[n+]1ccc(-c2cccc([N+](=O)[O-])c2)cc1.O=[N+]([O-])c1cccc(-c2ccncc2)c1.[B].[Br-].[H-].[Na+]. The second-order valence-corrected chi connectivity index (χ2v) is 13.7. The number of pyridine rings is 2. The van der Waals surface area contributed by atoms with E-state index in [4.69, 9.17) is 9.47 Å². The fourth-order valence-corrected chi connectivity index (χ4v) is 5.94. The molecule has 0 N–H and O–H groups in total. The van der Waals surface area contributed by atoms with Gasteiger partial charge >= 0.3 is 47.5 Å². The van der Waals surface area contributed by atoms with Gasteiger partial charge in [-0.15, -0.1) is 0 Å². The summed E-state index contributed by atoms with van der Waals surface area (Å²) in [5.41, 5.74) is 5.56. The maximum atomic E-state index is 11.4. The Morgan fingerprint density at radius 1 is 0.672 bits per heavy atom. The normalized spacial score (nSPS) is 11.1. The summed E-state index contributed by atoms with van der Waals surface area (Å²) < 4.78 is 16.0. The van der Waals surface area contributed by atoms with Gasteiger partial charge in [0.15, 0.2) is 12.4 Å². The minimum absolute atomic E-state index is 0. The quantitative estimate of drug-likeness (QED) is 0.0294. The van der Waals surface area contributed by atoms with Crippen LogP contribution in [0.5, 0.6) is 0 Å². The molecule has 3 heterocycles. The Balaban J connectivity index is 0. The number of nitrogens with zero attached hydrogens (tertiary/aromatic N) is 6. The molecular formula is C45H49BBr2N6NaO12. The Kier molecular flexibility index (Phi) is 30.8. The summed E-state index contributed by atoms with van der Waals surface area (Å²) in [4.78, 5) is 69.8. The van der Waals surface area contributed by atoms with Crippen molar-refractivity contribution in [1.82, 2.24) is 9.88 Å². The van der Waals surface area contributed by atoms with E-state index in [9.17, 15) is 44.7 Å². The van der Waals surface area contributed by atoms with Gasteiger partial charge in [-0.1, -0.05) is 58.4 Å². The molecule has 3 radical (unpaired) electrons. The van der Waals surface area contributed by atoms with Crippen molar-refractivity contribution in [2.45, 2.75) is 33.7 Å². The zero-order chi connectivity index (χ0) is 46.9. The van der Waals surface area contributed by atoms with E-state index >= 15 is 0 Å². The molecule has 0 saturated carbocycles. The molecule has 22 heteroatoms. The van der Waals surface area contributed by atoms with Gasteiger partial charge in [0.2, 0.25) is 6.54 Å². The van der Waals surface area contributed by atoms with Crippen LogP contribution >= 0.6 is 15.9 Å². The molecule has 0 bridgehead atoms. The number of non-ortho nitro benzene ring substituents is 3. The van der Waals surface area contributed by atoms with Gasteiger partial charge in [0.05, 0.1) is 41.1 Å². The zero-order valence-corrected chi connectivity index (χ0v) is 42.6. The second-order valence-electron chi connectivity index (χ2n) is 13.2. The van der Waals surface area contributed by atoms with E-state index in [1.165, 1.54) is 24.3 Å². The Morgan fingerprint density at radius 3 is 1.52 bits per heavy atom. The van der Waals surface area contributed by atoms with Crippen molar-refractivity contribution in [3.8, 4) is 22.3 Å². The van der Waals surface area contributed by atoms with E-state index in [0.29, 0.717) is 31.7 Å². The van der Waals surface area contributed by atoms with Gasteiger partial charge in [0.1, 0.15) is 5.33 Å². The number of ether oxygens (including phenoxy) is 3. The molecule has 0 spiro atoms. The van der Waals surface area contributed by atoms with Crippen molar-refractivity contribution >= 4 is 64.9 Å². The minimum atomic E-state index is -0.423. The molecular weight excluding hydrogens is 1010 g/mol. The Bertz CT molecular complexity index is 2390. The van der Waals surface area contributed by atoms with Crippen molar-refractivity contribution in [2.75, 3.05) is 44.8 Å². The number of esters is 3. The van der Waals surface area contributed by atoms with Crippen molar-refractivity contribution in [3.05, 3.63) is 164 Å². The van der Waals surface area contributed by atoms with E-state index in [1.54, 1.807) is 98.7 Å². The van der Waals surface area contributed by atoms with Crippen LogP contribution in [0.1, 0.15) is 34.2 Å². The van der Waals surface area contributed by atoms with E-state index in [0.717, 1.165) is 46.4 Å². The van der Waals surface area contributed by atoms with Gasteiger partial charge in [0, 0.05) is 82.4 Å². The monoisotopic (exact) mass is 1060 g/mol. The molecule has 1 aliphatic rings. The van der Waals surface area contributed by atoms with Crippen molar-refractivity contribution in [1.29, 1.82) is 0 Å². The molecule has 5 aromatic rings. The largest absolute Gasteiger partial charge is 1.00 e. The molecule has 67 heavy (non-hydrogen) atoms. The van der Waals surface area contributed by atoms with Crippen LogP contribution < -0.4 is 51.1 Å². The fraction of sp³-hybridized carbons (Fsp3) is 0.267. The third kappa shape index (κ3) is 22.6. The zero-order valence-electron chi connectivity index (χ0n) is 38.4. The fourth-order valence-electron chi connectivity index (χ4n) is 5.78. The number of carbonyl (C=O) groups is 3. The first kappa shape index (κ1) is 61.3. The summed E-state index contributed by atoms with van der Waals surface area (Å²) in [5.74, 6) is -0.724. The first-order valence-corrected chi connectivity index (χ1v) is 21.0. The minimum Gasteiger partial charge on any atom is -1.00 e. The average Bonchev–Trinajstić information content (AvgIpc) is 3.31. The predicted molar refractivity (Wildman–Crippen MR) is 248 cm³/mol. The van der Waals surface area contributed by atoms with E-state index in [-0.39, 0.29) is 109 Å². The second kappa shape index (κ2) is 33.7. The van der Waals surface area contributed by atoms with Crippen LogP contribution in [0.15, 0.2) is 128 Å². The molecule has 0 unspecified atom stereocenters. The van der Waals surface area contributed by atoms with Crippen molar-refractivity contribution < 1.29 is 95.9 Å². The number of alkyl halides is 1. The first-order valence-electron chi connectivity index (χ1n) is 19.9. The summed E-state index contributed by atoms with van der Waals surface area (Å²) in [6.07, 6.45) is 9.58. The molecule has 18 nitrogen and oxygen atoms in total. The number of nitro groups is 3. The van der Waals surface area contributed by atoms with Gasteiger partial charge in [-0.05, 0) is 72.7 Å². The molecule has 0 aliphatic carbocycles. The molecule has 0 atom stereocenters. The van der Waals surface area contributed by atoms with E-state index in [2.05, 4.69) is 25.7 Å². The van der Waals surface area contributed by atoms with Crippen molar-refractivity contribution in [2.24, 2.45) is 0 Å². The first-order chi connectivity index (χ1) is 30.8. The molecule has 1 aliphatic heterocycles. The molecule has 0 saturated heterocycles. The molecule has 0 fully saturated rings. The van der Waals surface area contributed by atoms with Gasteiger partial charge < -0.3 is 32.6 Å². The van der Waals surface area contributed by atoms with Crippen LogP contribution in [-0.2, 0) is 35.1 Å². The molecule has 349 valence electrons. The van der Waals surface area contributed by atoms with E-state index in [1.807, 2.05) is 35.2 Å². The van der Waals surface area contributed by atoms with Gasteiger partial charge in [0.25, 0.3) is 17.1 Å². The molecule has 3 aromatic carbocycles. The smallest absolute Gasteiger partial charge is 1.00 e. The number of benzene rings is 3. The van der Waals surface area contributed by atoms with E-state index < -0.39 is 9.85 Å². The number of aromatic nitrogens is 2. The van der Waals surface area contributed by atoms with Crippen LogP contribution in [0.4, 0.5) is 17.1 Å². The summed E-state index contributed by atoms with van der Waals surface area (Å²) in [6.45, 7) is 8.35. The van der Waals surface area contributed by atoms with Crippen LogP contribution in [0.3, 0.4) is 0 Å². The van der Waals surface area contributed by atoms with Gasteiger partial charge in [-0.25, -0.2) is 4.79 Å². The maximum Gasteiger partial charge on any atom is 1.00 e. The molecule has 2 aromatic heterocycles. The van der Waals surface area contributed by atoms with Crippen LogP contribution in [0.25, 0.3) is 27.8 Å². The maximum absolute atomic E-state index is 11.4. The molecule has 0 amide bonds. The summed E-state index contributed by atoms with van der Waals surface area (Å²) >= 11 is 2.94. The Labute approximate surface area is 432 Å². The van der Waals surface area contributed by atoms with Crippen LogP contribution in [0, 0.1) is 30.3 Å². The Morgan fingerprint density at radius 2 is 1.10 bits per heavy atom. The number of halogens is 2. The van der Waals surface area contributed by atoms with Crippen LogP contribution in [0.2, 0.25) is 0 Å². The van der Waals surface area contributed by atoms with Crippen LogP contribution in [-0.4, -0.2) is 95.8 Å². The average molecular weight is 1060 g/mol. The predicted octanol–water partition coefficient (Wildman–Crippen LogP) is 1.70. The standard InChI is InChI=1S/C15H18N2O4.C15H15N2O4.C11H8N2O2.C4H7BrO2.B.BrH.Na.H/c2*1-2-21-15(18)11-16-8-6-12(7-9-16)13-4-3-5-14(10-13)17(19)20;14-13(15)11-3-1-2-10(8-11)9-4-6-12-7-5-9;1-2-7-4(6)3-5;;;;/h3-6,10H,2,7-9,11H2,1H3;3-10H,2,11H2,1H3;1-8H;2-3H2,1H3;;1H;;/q;+1;;;;;+1;-1/p-1. The van der Waals surface area contributed by atoms with Crippen molar-refractivity contribution in [3.63, 3.8) is 0 Å². The Hall–Kier alpha value is -5.71. The number of carbonyl (C=O) groups excluding carboxylic acids is 3. The summed E-state index contributed by atoms with van der Waals surface area (Å²) in [6, 6.07) is 26.8. The topological polar surface area (TPSA) is 228 Å². The number of hydrogen-bond donors (Lipinski definition) is 0. The number of rotatable bonds is 14. The van der Waals surface area contributed by atoms with Gasteiger partial charge in [-0.2, -0.15) is 4.57 Å². The summed E-state index contributed by atoms with van der Waals surface area (Å²) in [5, 5.41) is 32.4. The summed E-state index contributed by atoms with van der Waals surface area (Å²) in [7, 11) is 0. The third-order valence-corrected chi connectivity index (χ3v) is 9.22. The van der Waals surface area contributed by atoms with Gasteiger partial charge in [-0.3, -0.25) is 49.8 Å².